The van der Waals surface area contributed by atoms with E-state index in [1.54, 1.807) is 6.07 Å². The Hall–Kier alpha value is -1.07. The van der Waals surface area contributed by atoms with Crippen LogP contribution in [0.15, 0.2) is 12.1 Å². The van der Waals surface area contributed by atoms with Crippen molar-refractivity contribution in [3.63, 3.8) is 0 Å². The molecule has 4 nitrogen and oxygen atoms in total. The first-order chi connectivity index (χ1) is 7.79. The van der Waals surface area contributed by atoms with Crippen LogP contribution in [0, 0.1) is 0 Å². The van der Waals surface area contributed by atoms with Gasteiger partial charge in [-0.05, 0) is 25.0 Å². The number of anilines is 1. The van der Waals surface area contributed by atoms with Crippen LogP contribution in [0.4, 0.5) is 5.00 Å². The summed E-state index contributed by atoms with van der Waals surface area (Å²) < 4.78 is 9.95. The fourth-order valence-electron chi connectivity index (χ4n) is 1.67. The quantitative estimate of drug-likeness (QED) is 0.823. The van der Waals surface area contributed by atoms with Crippen molar-refractivity contribution in [3.8, 4) is 0 Å². The average Bonchev–Trinajstić information content (AvgIpc) is 2.78. The third-order valence-corrected chi connectivity index (χ3v) is 3.56. The summed E-state index contributed by atoms with van der Waals surface area (Å²) in [5.74, 6) is -0.273. The normalized spacial score (nSPS) is 17.1. The zero-order valence-electron chi connectivity index (χ0n) is 9.19. The second-order valence-electron chi connectivity index (χ2n) is 3.69. The van der Waals surface area contributed by atoms with Crippen LogP contribution in [0.5, 0.6) is 0 Å². The number of methoxy groups -OCH3 is 1. The highest BCUT2D eigenvalue weighted by molar-refractivity contribution is 7.17. The summed E-state index contributed by atoms with van der Waals surface area (Å²) in [6.07, 6.45) is 2.04. The van der Waals surface area contributed by atoms with Gasteiger partial charge in [-0.3, -0.25) is 0 Å². The highest BCUT2D eigenvalue weighted by Gasteiger charge is 2.15. The molecule has 88 valence electrons. The molecule has 0 radical (unpaired) electrons. The monoisotopic (exact) mass is 241 g/mol. The first-order valence-electron chi connectivity index (χ1n) is 5.32. The molecular formula is C11H15NO3S. The number of carbonyl (C=O) groups is 1. The van der Waals surface area contributed by atoms with Gasteiger partial charge in [-0.25, -0.2) is 4.79 Å². The van der Waals surface area contributed by atoms with Gasteiger partial charge in [0.15, 0.2) is 0 Å². The third kappa shape index (κ3) is 2.74. The molecule has 0 amide bonds. The summed E-state index contributed by atoms with van der Waals surface area (Å²) in [5.41, 5.74) is 0. The lowest BCUT2D eigenvalue weighted by Crippen LogP contribution is -2.27. The van der Waals surface area contributed by atoms with Crippen LogP contribution < -0.4 is 5.32 Å². The van der Waals surface area contributed by atoms with Crippen molar-refractivity contribution in [2.45, 2.75) is 18.9 Å². The van der Waals surface area contributed by atoms with Gasteiger partial charge in [0.1, 0.15) is 4.88 Å². The van der Waals surface area contributed by atoms with E-state index < -0.39 is 0 Å². The number of carbonyl (C=O) groups excluding carboxylic acids is 1. The topological polar surface area (TPSA) is 47.6 Å². The Bertz CT molecular complexity index is 358. The molecule has 5 heteroatoms. The molecule has 0 bridgehead atoms. The zero-order valence-corrected chi connectivity index (χ0v) is 10.0. The lowest BCUT2D eigenvalue weighted by Gasteiger charge is -2.23. The van der Waals surface area contributed by atoms with Crippen LogP contribution in [-0.2, 0) is 9.47 Å². The smallest absolute Gasteiger partial charge is 0.348 e. The van der Waals surface area contributed by atoms with Crippen molar-refractivity contribution in [1.82, 2.24) is 0 Å². The van der Waals surface area contributed by atoms with E-state index in [0.717, 1.165) is 31.1 Å². The molecule has 2 heterocycles. The van der Waals surface area contributed by atoms with E-state index in [1.165, 1.54) is 18.4 Å². The van der Waals surface area contributed by atoms with Gasteiger partial charge >= 0.3 is 5.97 Å². The van der Waals surface area contributed by atoms with Crippen LogP contribution >= 0.6 is 11.3 Å². The Morgan fingerprint density at radius 2 is 2.25 bits per heavy atom. The minimum atomic E-state index is -0.273. The van der Waals surface area contributed by atoms with Gasteiger partial charge in [0.2, 0.25) is 0 Å². The number of hydrogen-bond acceptors (Lipinski definition) is 5. The third-order valence-electron chi connectivity index (χ3n) is 2.56. The fraction of sp³-hybridized carbons (Fsp3) is 0.545. The molecule has 0 unspecified atom stereocenters. The molecule has 1 aliphatic rings. The number of hydrogen-bond donors (Lipinski definition) is 1. The number of nitrogens with one attached hydrogen (secondary N) is 1. The maximum Gasteiger partial charge on any atom is 0.348 e. The molecule has 0 spiro atoms. The first kappa shape index (κ1) is 11.4. The van der Waals surface area contributed by atoms with E-state index in [0.29, 0.717) is 10.9 Å². The lowest BCUT2D eigenvalue weighted by molar-refractivity contribution is 0.0606. The lowest BCUT2D eigenvalue weighted by atomic mass is 10.1. The predicted molar refractivity (Wildman–Crippen MR) is 63.1 cm³/mol. The summed E-state index contributed by atoms with van der Waals surface area (Å²) in [7, 11) is 1.40. The maximum atomic E-state index is 11.3. The Balaban J connectivity index is 1.94. The van der Waals surface area contributed by atoms with Crippen LogP contribution in [-0.4, -0.2) is 32.3 Å². The van der Waals surface area contributed by atoms with Crippen molar-refractivity contribution >= 4 is 22.3 Å². The number of esters is 1. The second-order valence-corrected chi connectivity index (χ2v) is 4.77. The molecule has 0 atom stereocenters. The minimum absolute atomic E-state index is 0.273. The van der Waals surface area contributed by atoms with Crippen LogP contribution in [0.1, 0.15) is 22.5 Å². The summed E-state index contributed by atoms with van der Waals surface area (Å²) in [4.78, 5) is 11.9. The summed E-state index contributed by atoms with van der Waals surface area (Å²) in [5, 5.41) is 4.43. The van der Waals surface area contributed by atoms with E-state index in [2.05, 4.69) is 10.1 Å². The molecule has 1 aliphatic heterocycles. The van der Waals surface area contributed by atoms with Crippen molar-refractivity contribution in [2.24, 2.45) is 0 Å². The number of thiophene rings is 1. The fourth-order valence-corrected chi connectivity index (χ4v) is 2.57. The molecule has 2 rings (SSSR count). The Morgan fingerprint density at radius 3 is 2.94 bits per heavy atom. The number of rotatable bonds is 3. The molecule has 1 N–H and O–H groups in total. The highest BCUT2D eigenvalue weighted by Crippen LogP contribution is 2.24. The van der Waals surface area contributed by atoms with Gasteiger partial charge < -0.3 is 14.8 Å². The summed E-state index contributed by atoms with van der Waals surface area (Å²) in [6, 6.07) is 4.17. The van der Waals surface area contributed by atoms with Gasteiger partial charge in [0.25, 0.3) is 0 Å². The molecule has 1 saturated heterocycles. The van der Waals surface area contributed by atoms with Gasteiger partial charge in [0, 0.05) is 19.3 Å². The van der Waals surface area contributed by atoms with Crippen LogP contribution in [0.25, 0.3) is 0 Å². The predicted octanol–water partition coefficient (Wildman–Crippen LogP) is 2.13. The molecule has 1 aromatic heterocycles. The van der Waals surface area contributed by atoms with Crippen LogP contribution in [0.2, 0.25) is 0 Å². The molecule has 1 aromatic rings. The van der Waals surface area contributed by atoms with Crippen molar-refractivity contribution in [1.29, 1.82) is 0 Å². The van der Waals surface area contributed by atoms with Gasteiger partial charge in [-0.1, -0.05) is 0 Å². The van der Waals surface area contributed by atoms with Crippen LogP contribution in [0.3, 0.4) is 0 Å². The Morgan fingerprint density at radius 1 is 1.50 bits per heavy atom. The van der Waals surface area contributed by atoms with Crippen molar-refractivity contribution in [3.05, 3.63) is 17.0 Å². The highest BCUT2D eigenvalue weighted by atomic mass is 32.1. The molecule has 16 heavy (non-hydrogen) atoms. The SMILES string of the molecule is COC(=O)c1ccc(NC2CCOCC2)s1. The largest absolute Gasteiger partial charge is 0.465 e. The second kappa shape index (κ2) is 5.32. The summed E-state index contributed by atoms with van der Waals surface area (Å²) >= 11 is 1.43. The molecule has 0 aromatic carbocycles. The molecular weight excluding hydrogens is 226 g/mol. The van der Waals surface area contributed by atoms with E-state index >= 15 is 0 Å². The first-order valence-corrected chi connectivity index (χ1v) is 6.13. The molecule has 0 aliphatic carbocycles. The zero-order chi connectivity index (χ0) is 11.4. The Labute approximate surface area is 98.6 Å². The van der Waals surface area contributed by atoms with Gasteiger partial charge in [-0.2, -0.15) is 0 Å². The van der Waals surface area contributed by atoms with Gasteiger partial charge in [0.05, 0.1) is 12.1 Å². The maximum absolute atomic E-state index is 11.3. The van der Waals surface area contributed by atoms with E-state index in [9.17, 15) is 4.79 Å². The molecule has 1 fully saturated rings. The average molecular weight is 241 g/mol. The Kier molecular flexibility index (Phi) is 3.79. The molecule has 0 saturated carbocycles. The minimum Gasteiger partial charge on any atom is -0.465 e. The number of ether oxygens (including phenoxy) is 2. The van der Waals surface area contributed by atoms with Crippen molar-refractivity contribution in [2.75, 3.05) is 25.6 Å². The van der Waals surface area contributed by atoms with Crippen molar-refractivity contribution < 1.29 is 14.3 Å². The summed E-state index contributed by atoms with van der Waals surface area (Å²) in [6.45, 7) is 1.62. The van der Waals surface area contributed by atoms with E-state index in [4.69, 9.17) is 4.74 Å². The van der Waals surface area contributed by atoms with E-state index in [-0.39, 0.29) is 5.97 Å². The van der Waals surface area contributed by atoms with Gasteiger partial charge in [-0.15, -0.1) is 11.3 Å². The van der Waals surface area contributed by atoms with E-state index in [1.807, 2.05) is 6.07 Å². The standard InChI is InChI=1S/C11H15NO3S/c1-14-11(13)9-2-3-10(16-9)12-8-4-6-15-7-5-8/h2-3,8,12H,4-7H2,1H3.